The summed E-state index contributed by atoms with van der Waals surface area (Å²) in [6.45, 7) is 4.05. The van der Waals surface area contributed by atoms with Crippen LogP contribution >= 0.6 is 35.6 Å². The number of carbonyl (C=O) groups is 1. The molecule has 0 spiro atoms. The zero-order chi connectivity index (χ0) is 15.9. The second kappa shape index (κ2) is 5.91. The summed E-state index contributed by atoms with van der Waals surface area (Å²) in [4.78, 5) is 12.4. The lowest BCUT2D eigenvalue weighted by Gasteiger charge is -2.09. The average molecular weight is 349 g/mol. The summed E-state index contributed by atoms with van der Waals surface area (Å²) in [6, 6.07) is 9.76. The molecule has 0 bridgehead atoms. The van der Waals surface area contributed by atoms with E-state index in [4.69, 9.17) is 23.8 Å². The van der Waals surface area contributed by atoms with Crippen LogP contribution in [-0.4, -0.2) is 14.8 Å². The lowest BCUT2D eigenvalue weighted by molar-refractivity contribution is -0.115. The van der Waals surface area contributed by atoms with Crippen molar-refractivity contribution in [3.8, 4) is 5.69 Å². The number of thiocarbonyl (C=S) groups is 1. The number of rotatable bonds is 2. The molecule has 1 amide bonds. The molecule has 0 atom stereocenters. The van der Waals surface area contributed by atoms with Crippen molar-refractivity contribution >= 4 is 51.9 Å². The monoisotopic (exact) mass is 348 g/mol. The molecule has 2 heterocycles. The number of aryl methyl sites for hydroxylation is 1. The van der Waals surface area contributed by atoms with Crippen molar-refractivity contribution < 1.29 is 4.79 Å². The highest BCUT2D eigenvalue weighted by Crippen LogP contribution is 2.29. The largest absolute Gasteiger partial charge is 0.318 e. The van der Waals surface area contributed by atoms with Crippen LogP contribution in [0.15, 0.2) is 35.2 Å². The van der Waals surface area contributed by atoms with Gasteiger partial charge in [0.2, 0.25) is 0 Å². The Balaban J connectivity index is 2.06. The van der Waals surface area contributed by atoms with Crippen molar-refractivity contribution in [2.75, 3.05) is 0 Å². The molecule has 0 unspecified atom stereocenters. The van der Waals surface area contributed by atoms with Gasteiger partial charge < -0.3 is 9.88 Å². The van der Waals surface area contributed by atoms with Crippen molar-refractivity contribution in [1.29, 1.82) is 0 Å². The minimum Gasteiger partial charge on any atom is -0.318 e. The highest BCUT2D eigenvalue weighted by Gasteiger charge is 2.22. The van der Waals surface area contributed by atoms with Crippen molar-refractivity contribution in [2.24, 2.45) is 0 Å². The first-order chi connectivity index (χ1) is 10.5. The van der Waals surface area contributed by atoms with Crippen LogP contribution in [0.25, 0.3) is 11.8 Å². The Kier molecular flexibility index (Phi) is 4.12. The smallest absolute Gasteiger partial charge is 0.263 e. The molecule has 2 aromatic rings. The van der Waals surface area contributed by atoms with E-state index >= 15 is 0 Å². The van der Waals surface area contributed by atoms with Gasteiger partial charge in [-0.1, -0.05) is 41.6 Å². The number of amides is 1. The molecule has 22 heavy (non-hydrogen) atoms. The maximum absolute atomic E-state index is 11.8. The van der Waals surface area contributed by atoms with E-state index in [0.717, 1.165) is 22.6 Å². The van der Waals surface area contributed by atoms with Crippen LogP contribution < -0.4 is 5.32 Å². The number of benzene rings is 1. The summed E-state index contributed by atoms with van der Waals surface area (Å²) < 4.78 is 2.62. The lowest BCUT2D eigenvalue weighted by Crippen LogP contribution is -2.17. The summed E-state index contributed by atoms with van der Waals surface area (Å²) in [5.41, 5.74) is 4.14. The molecule has 0 saturated carbocycles. The van der Waals surface area contributed by atoms with Gasteiger partial charge in [0, 0.05) is 22.1 Å². The number of thioether (sulfide) groups is 1. The Bertz CT molecular complexity index is 824. The molecule has 3 nitrogen and oxygen atoms in total. The van der Waals surface area contributed by atoms with E-state index in [1.54, 1.807) is 0 Å². The average Bonchev–Trinajstić information content (AvgIpc) is 2.90. The van der Waals surface area contributed by atoms with Crippen LogP contribution in [-0.2, 0) is 4.79 Å². The fourth-order valence-corrected chi connectivity index (χ4v) is 3.73. The standard InChI is InChI=1S/C16H13ClN2OS2/c1-9-6-11(7-14-15(20)18-16(21)22-14)10(2)19(9)13-5-3-4-12(17)8-13/h3-8H,1-2H3,(H,18,20,21). The van der Waals surface area contributed by atoms with E-state index in [0.29, 0.717) is 14.2 Å². The second-order valence-corrected chi connectivity index (χ2v) is 7.15. The van der Waals surface area contributed by atoms with E-state index in [2.05, 4.69) is 16.0 Å². The van der Waals surface area contributed by atoms with Gasteiger partial charge >= 0.3 is 0 Å². The Morgan fingerprint density at radius 2 is 2.09 bits per heavy atom. The molecular weight excluding hydrogens is 336 g/mol. The maximum Gasteiger partial charge on any atom is 0.263 e. The minimum atomic E-state index is -0.137. The molecule has 1 aliphatic rings. The van der Waals surface area contributed by atoms with Crippen LogP contribution in [0, 0.1) is 13.8 Å². The first kappa shape index (κ1) is 15.3. The molecule has 1 N–H and O–H groups in total. The Labute approximate surface area is 143 Å². The number of nitrogens with one attached hydrogen (secondary N) is 1. The first-order valence-electron chi connectivity index (χ1n) is 6.65. The number of halogens is 1. The van der Waals surface area contributed by atoms with Gasteiger partial charge in [-0.05, 0) is 49.8 Å². The van der Waals surface area contributed by atoms with Crippen LogP contribution in [0.5, 0.6) is 0 Å². The highest BCUT2D eigenvalue weighted by molar-refractivity contribution is 8.26. The van der Waals surface area contributed by atoms with Gasteiger partial charge in [-0.15, -0.1) is 0 Å². The van der Waals surface area contributed by atoms with Crippen LogP contribution in [0.3, 0.4) is 0 Å². The van der Waals surface area contributed by atoms with E-state index < -0.39 is 0 Å². The summed E-state index contributed by atoms with van der Waals surface area (Å²) in [5, 5.41) is 3.33. The predicted octanol–water partition coefficient (Wildman–Crippen LogP) is 4.24. The molecule has 112 valence electrons. The Hall–Kier alpha value is -1.56. The highest BCUT2D eigenvalue weighted by atomic mass is 35.5. The summed E-state index contributed by atoms with van der Waals surface area (Å²) in [6.07, 6.45) is 1.88. The lowest BCUT2D eigenvalue weighted by atomic mass is 10.2. The maximum atomic E-state index is 11.8. The minimum absolute atomic E-state index is 0.137. The topological polar surface area (TPSA) is 34.0 Å². The fraction of sp³-hybridized carbons (Fsp3) is 0.125. The summed E-state index contributed by atoms with van der Waals surface area (Å²) in [5.74, 6) is -0.137. The number of aromatic nitrogens is 1. The van der Waals surface area contributed by atoms with Crippen molar-refractivity contribution in [3.63, 3.8) is 0 Å². The number of nitrogens with zero attached hydrogens (tertiary/aromatic N) is 1. The van der Waals surface area contributed by atoms with Crippen LogP contribution in [0.1, 0.15) is 17.0 Å². The van der Waals surface area contributed by atoms with E-state index in [1.807, 2.05) is 44.2 Å². The van der Waals surface area contributed by atoms with Crippen LogP contribution in [0.4, 0.5) is 0 Å². The summed E-state index contributed by atoms with van der Waals surface area (Å²) in [7, 11) is 0. The number of hydrogen-bond donors (Lipinski definition) is 1. The van der Waals surface area contributed by atoms with E-state index in [9.17, 15) is 4.79 Å². The predicted molar refractivity (Wildman–Crippen MR) is 96.6 cm³/mol. The summed E-state index contributed by atoms with van der Waals surface area (Å²) >= 11 is 12.4. The number of carbonyl (C=O) groups excluding carboxylic acids is 1. The van der Waals surface area contributed by atoms with Crippen LogP contribution in [0.2, 0.25) is 5.02 Å². The fourth-order valence-electron chi connectivity index (χ4n) is 2.51. The van der Waals surface area contributed by atoms with Crippen molar-refractivity contribution in [1.82, 2.24) is 9.88 Å². The Morgan fingerprint density at radius 3 is 2.73 bits per heavy atom. The normalized spacial score (nSPS) is 16.4. The van der Waals surface area contributed by atoms with Gasteiger partial charge in [0.05, 0.1) is 4.91 Å². The van der Waals surface area contributed by atoms with Gasteiger partial charge in [-0.2, -0.15) is 0 Å². The molecule has 1 saturated heterocycles. The molecular formula is C16H13ClN2OS2. The van der Waals surface area contributed by atoms with Gasteiger partial charge in [0.1, 0.15) is 4.32 Å². The third-order valence-corrected chi connectivity index (χ3v) is 4.86. The third kappa shape index (κ3) is 2.84. The zero-order valence-electron chi connectivity index (χ0n) is 12.0. The van der Waals surface area contributed by atoms with Gasteiger partial charge in [-0.25, -0.2) is 0 Å². The molecule has 3 rings (SSSR count). The molecule has 0 aliphatic carbocycles. The van der Waals surface area contributed by atoms with Gasteiger partial charge in [-0.3, -0.25) is 4.79 Å². The quantitative estimate of drug-likeness (QED) is 0.651. The molecule has 0 radical (unpaired) electrons. The van der Waals surface area contributed by atoms with Gasteiger partial charge in [0.25, 0.3) is 5.91 Å². The SMILES string of the molecule is Cc1cc(C=C2SC(=S)NC2=O)c(C)n1-c1cccc(Cl)c1. The molecule has 1 aliphatic heterocycles. The molecule has 6 heteroatoms. The van der Waals surface area contributed by atoms with Crippen molar-refractivity contribution in [3.05, 3.63) is 57.2 Å². The van der Waals surface area contributed by atoms with Gasteiger partial charge in [0.15, 0.2) is 0 Å². The second-order valence-electron chi connectivity index (χ2n) is 4.99. The first-order valence-corrected chi connectivity index (χ1v) is 8.26. The third-order valence-electron chi connectivity index (χ3n) is 3.47. The number of hydrogen-bond acceptors (Lipinski definition) is 3. The van der Waals surface area contributed by atoms with Crippen molar-refractivity contribution in [2.45, 2.75) is 13.8 Å². The zero-order valence-corrected chi connectivity index (χ0v) is 14.4. The van der Waals surface area contributed by atoms with E-state index in [1.165, 1.54) is 11.8 Å². The van der Waals surface area contributed by atoms with E-state index in [-0.39, 0.29) is 5.91 Å². The molecule has 1 fully saturated rings. The molecule has 1 aromatic carbocycles. The molecule has 1 aromatic heterocycles. The Morgan fingerprint density at radius 1 is 1.32 bits per heavy atom.